The molecule has 7 heteroatoms. The van der Waals surface area contributed by atoms with Crippen molar-refractivity contribution in [3.63, 3.8) is 0 Å². The highest BCUT2D eigenvalue weighted by Crippen LogP contribution is 2.24. The molecule has 0 spiro atoms. The van der Waals surface area contributed by atoms with Gasteiger partial charge >= 0.3 is 0 Å². The topological polar surface area (TPSA) is 83.5 Å². The van der Waals surface area contributed by atoms with Crippen LogP contribution in [0.25, 0.3) is 0 Å². The van der Waals surface area contributed by atoms with Crippen molar-refractivity contribution in [1.29, 1.82) is 0 Å². The summed E-state index contributed by atoms with van der Waals surface area (Å²) in [5, 5.41) is 0. The van der Waals surface area contributed by atoms with Gasteiger partial charge in [0.25, 0.3) is 5.91 Å². The molecule has 1 fully saturated rings. The Hall–Kier alpha value is -1.86. The van der Waals surface area contributed by atoms with Crippen LogP contribution >= 0.6 is 12.4 Å². The normalized spacial score (nSPS) is 18.6. The molecule has 0 bridgehead atoms. The molecule has 2 atom stereocenters. The number of hydrogen-bond acceptors (Lipinski definition) is 5. The van der Waals surface area contributed by atoms with Gasteiger partial charge in [-0.3, -0.25) is 15.6 Å². The molecule has 1 aliphatic heterocycles. The van der Waals surface area contributed by atoms with Gasteiger partial charge in [-0.15, -0.1) is 12.4 Å². The Morgan fingerprint density at radius 3 is 2.71 bits per heavy atom. The molecule has 2 aromatic rings. The SMILES string of the molecule is CN(CCCCCC1CC(c2ccccc2)NN1)C(=O)c1coc(CN)c1.Cl. The van der Waals surface area contributed by atoms with Crippen molar-refractivity contribution >= 4 is 18.3 Å². The van der Waals surface area contributed by atoms with Crippen LogP contribution in [0.5, 0.6) is 0 Å². The predicted molar refractivity (Wildman–Crippen MR) is 113 cm³/mol. The lowest BCUT2D eigenvalue weighted by atomic mass is 9.99. The summed E-state index contributed by atoms with van der Waals surface area (Å²) in [5.41, 5.74) is 14.2. The van der Waals surface area contributed by atoms with Gasteiger partial charge in [-0.25, -0.2) is 0 Å². The number of benzene rings is 1. The molecule has 4 N–H and O–H groups in total. The van der Waals surface area contributed by atoms with Crippen LogP contribution in [0.15, 0.2) is 47.1 Å². The number of hydrogen-bond donors (Lipinski definition) is 3. The molecule has 154 valence electrons. The van der Waals surface area contributed by atoms with E-state index in [1.165, 1.54) is 11.8 Å². The number of nitrogens with zero attached hydrogens (tertiary/aromatic N) is 1. The van der Waals surface area contributed by atoms with E-state index in [-0.39, 0.29) is 18.3 Å². The average molecular weight is 407 g/mol. The zero-order valence-electron chi connectivity index (χ0n) is 16.4. The fourth-order valence-electron chi connectivity index (χ4n) is 3.55. The number of unbranched alkanes of at least 4 members (excludes halogenated alkanes) is 2. The minimum atomic E-state index is -0.00851. The number of carbonyl (C=O) groups is 1. The number of nitrogens with two attached hydrogens (primary N) is 1. The van der Waals surface area contributed by atoms with Crippen molar-refractivity contribution < 1.29 is 9.21 Å². The molecule has 2 unspecified atom stereocenters. The molecule has 1 aromatic carbocycles. The third-order valence-electron chi connectivity index (χ3n) is 5.18. The summed E-state index contributed by atoms with van der Waals surface area (Å²) in [5.74, 6) is 0.629. The zero-order chi connectivity index (χ0) is 19.1. The predicted octanol–water partition coefficient (Wildman–Crippen LogP) is 3.40. The molecule has 0 saturated carbocycles. The van der Waals surface area contributed by atoms with E-state index in [0.29, 0.717) is 30.0 Å². The molecule has 3 rings (SSSR count). The number of furan rings is 1. The summed E-state index contributed by atoms with van der Waals surface area (Å²) in [6, 6.07) is 13.2. The van der Waals surface area contributed by atoms with Gasteiger partial charge in [0.2, 0.25) is 0 Å². The number of carbonyl (C=O) groups excluding carboxylic acids is 1. The third kappa shape index (κ3) is 6.07. The minimum Gasteiger partial charge on any atom is -0.467 e. The second-order valence-corrected chi connectivity index (χ2v) is 7.27. The van der Waals surface area contributed by atoms with Gasteiger partial charge in [0.15, 0.2) is 0 Å². The summed E-state index contributed by atoms with van der Waals surface area (Å²) >= 11 is 0. The minimum absolute atomic E-state index is 0. The molecule has 1 saturated heterocycles. The molecule has 6 nitrogen and oxygen atoms in total. The first-order valence-electron chi connectivity index (χ1n) is 9.76. The van der Waals surface area contributed by atoms with Gasteiger partial charge < -0.3 is 15.1 Å². The number of nitrogens with one attached hydrogen (secondary N) is 2. The Morgan fingerprint density at radius 2 is 2.00 bits per heavy atom. The standard InChI is InChI=1S/C21H30N4O2.ClH/c1-25(21(26)17-12-19(14-22)27-15-17)11-7-3-6-10-18-13-20(24-23-18)16-8-4-2-5-9-16;/h2,4-5,8-9,12,15,18,20,23-24H,3,6-7,10-11,13-14,22H2,1H3;1H. The maximum absolute atomic E-state index is 12.3. The van der Waals surface area contributed by atoms with Crippen LogP contribution in [0.4, 0.5) is 0 Å². The lowest BCUT2D eigenvalue weighted by molar-refractivity contribution is 0.0791. The molecule has 0 aliphatic carbocycles. The first-order valence-corrected chi connectivity index (χ1v) is 9.76. The highest BCUT2D eigenvalue weighted by molar-refractivity contribution is 5.93. The van der Waals surface area contributed by atoms with Gasteiger partial charge in [-0.05, 0) is 30.9 Å². The van der Waals surface area contributed by atoms with Crippen LogP contribution < -0.4 is 16.6 Å². The molecule has 1 aromatic heterocycles. The van der Waals surface area contributed by atoms with Gasteiger partial charge in [0.1, 0.15) is 12.0 Å². The van der Waals surface area contributed by atoms with Crippen molar-refractivity contribution in [2.45, 2.75) is 50.7 Å². The maximum atomic E-state index is 12.3. The fraction of sp³-hybridized carbons (Fsp3) is 0.476. The summed E-state index contributed by atoms with van der Waals surface area (Å²) in [4.78, 5) is 14.1. The number of amides is 1. The molecular formula is C21H31ClN4O2. The van der Waals surface area contributed by atoms with E-state index < -0.39 is 0 Å². The smallest absolute Gasteiger partial charge is 0.256 e. The molecular weight excluding hydrogens is 376 g/mol. The second kappa shape index (κ2) is 11.2. The van der Waals surface area contributed by atoms with Gasteiger partial charge in [-0.2, -0.15) is 0 Å². The number of hydrazine groups is 1. The monoisotopic (exact) mass is 406 g/mol. The molecule has 1 aliphatic rings. The van der Waals surface area contributed by atoms with E-state index in [4.69, 9.17) is 10.2 Å². The summed E-state index contributed by atoms with van der Waals surface area (Å²) < 4.78 is 5.24. The third-order valence-corrected chi connectivity index (χ3v) is 5.18. The van der Waals surface area contributed by atoms with Gasteiger partial charge in [-0.1, -0.05) is 43.2 Å². The van der Waals surface area contributed by atoms with Crippen molar-refractivity contribution in [3.05, 3.63) is 59.5 Å². The van der Waals surface area contributed by atoms with Crippen molar-refractivity contribution in [3.8, 4) is 0 Å². The first kappa shape index (κ1) is 22.4. The van der Waals surface area contributed by atoms with Crippen LogP contribution in [-0.4, -0.2) is 30.4 Å². The van der Waals surface area contributed by atoms with Crippen LogP contribution in [-0.2, 0) is 6.54 Å². The fourth-order valence-corrected chi connectivity index (χ4v) is 3.55. The lowest BCUT2D eigenvalue weighted by Crippen LogP contribution is -2.30. The largest absolute Gasteiger partial charge is 0.467 e. The average Bonchev–Trinajstić information content (AvgIpc) is 3.37. The van der Waals surface area contributed by atoms with E-state index in [2.05, 4.69) is 41.2 Å². The first-order chi connectivity index (χ1) is 13.2. The summed E-state index contributed by atoms with van der Waals surface area (Å²) in [6.45, 7) is 1.07. The van der Waals surface area contributed by atoms with E-state index in [1.54, 1.807) is 11.0 Å². The van der Waals surface area contributed by atoms with Crippen molar-refractivity contribution in [2.75, 3.05) is 13.6 Å². The van der Waals surface area contributed by atoms with Crippen LogP contribution in [0.2, 0.25) is 0 Å². The zero-order valence-corrected chi connectivity index (χ0v) is 17.2. The lowest BCUT2D eigenvalue weighted by Gasteiger charge is -2.16. The van der Waals surface area contributed by atoms with Crippen molar-refractivity contribution in [1.82, 2.24) is 15.8 Å². The molecule has 2 heterocycles. The Morgan fingerprint density at radius 1 is 1.21 bits per heavy atom. The van der Waals surface area contributed by atoms with E-state index in [0.717, 1.165) is 38.6 Å². The molecule has 1 amide bonds. The van der Waals surface area contributed by atoms with E-state index in [1.807, 2.05) is 7.05 Å². The number of halogens is 1. The Balaban J connectivity index is 0.00000280. The number of rotatable bonds is 9. The molecule has 28 heavy (non-hydrogen) atoms. The van der Waals surface area contributed by atoms with Gasteiger partial charge in [0, 0.05) is 25.7 Å². The molecule has 0 radical (unpaired) electrons. The Kier molecular flexibility index (Phi) is 8.99. The van der Waals surface area contributed by atoms with Gasteiger partial charge in [0.05, 0.1) is 12.1 Å². The maximum Gasteiger partial charge on any atom is 0.256 e. The van der Waals surface area contributed by atoms with Crippen LogP contribution in [0.3, 0.4) is 0 Å². The Bertz CT molecular complexity index is 722. The van der Waals surface area contributed by atoms with Crippen LogP contribution in [0, 0.1) is 0 Å². The van der Waals surface area contributed by atoms with Crippen LogP contribution in [0.1, 0.15) is 59.8 Å². The quantitative estimate of drug-likeness (QED) is 0.556. The second-order valence-electron chi connectivity index (χ2n) is 7.27. The van der Waals surface area contributed by atoms with Crippen molar-refractivity contribution in [2.24, 2.45) is 5.73 Å². The summed E-state index contributed by atoms with van der Waals surface area (Å²) in [6.07, 6.45) is 7.04. The highest BCUT2D eigenvalue weighted by Gasteiger charge is 2.24. The van der Waals surface area contributed by atoms with E-state index in [9.17, 15) is 4.79 Å². The van der Waals surface area contributed by atoms with E-state index >= 15 is 0 Å². The highest BCUT2D eigenvalue weighted by atomic mass is 35.5. The summed E-state index contributed by atoms with van der Waals surface area (Å²) in [7, 11) is 1.84. The Labute approximate surface area is 173 Å².